The van der Waals surface area contributed by atoms with Gasteiger partial charge in [-0.25, -0.2) is 4.79 Å². The molecule has 0 radical (unpaired) electrons. The summed E-state index contributed by atoms with van der Waals surface area (Å²) in [6, 6.07) is 4.71. The lowest BCUT2D eigenvalue weighted by Crippen LogP contribution is -2.13. The molecule has 1 aromatic rings. The zero-order chi connectivity index (χ0) is 15.0. The summed E-state index contributed by atoms with van der Waals surface area (Å²) in [5.74, 6) is -1.08. The van der Waals surface area contributed by atoms with Gasteiger partial charge >= 0.3 is 5.97 Å². The van der Waals surface area contributed by atoms with E-state index in [0.29, 0.717) is 18.7 Å². The number of carboxylic acid groups (broad SMARTS) is 1. The predicted octanol–water partition coefficient (Wildman–Crippen LogP) is 2.54. The van der Waals surface area contributed by atoms with Gasteiger partial charge in [-0.1, -0.05) is 18.9 Å². The average Bonchev–Trinajstić information content (AvgIpc) is 2.40. The normalized spacial score (nSPS) is 10.3. The summed E-state index contributed by atoms with van der Waals surface area (Å²) in [5, 5.41) is 11.7. The van der Waals surface area contributed by atoms with Crippen molar-refractivity contribution in [1.29, 1.82) is 0 Å². The van der Waals surface area contributed by atoms with Crippen molar-refractivity contribution >= 4 is 17.6 Å². The molecule has 0 fully saturated rings. The fourth-order valence-electron chi connectivity index (χ4n) is 1.89. The molecule has 1 amide bonds. The van der Waals surface area contributed by atoms with Crippen LogP contribution in [0.2, 0.25) is 0 Å². The number of hydrogen-bond acceptors (Lipinski definition) is 3. The molecule has 4 N–H and O–H groups in total. The number of carboxylic acids is 1. The quantitative estimate of drug-likeness (QED) is 0.637. The molecular weight excluding hydrogens is 256 g/mol. The number of anilines is 1. The lowest BCUT2D eigenvalue weighted by atomic mass is 10.1. The first-order valence-electron chi connectivity index (χ1n) is 6.88. The third-order valence-electron chi connectivity index (χ3n) is 3.12. The number of carbonyl (C=O) groups is 2. The van der Waals surface area contributed by atoms with Gasteiger partial charge in [0, 0.05) is 12.1 Å². The number of nitrogens with one attached hydrogen (secondary N) is 1. The molecule has 0 spiro atoms. The highest BCUT2D eigenvalue weighted by Gasteiger charge is 2.08. The summed E-state index contributed by atoms with van der Waals surface area (Å²) >= 11 is 0. The first kappa shape index (κ1) is 16.2. The molecule has 0 aromatic heterocycles. The van der Waals surface area contributed by atoms with E-state index in [0.717, 1.165) is 31.2 Å². The first-order valence-corrected chi connectivity index (χ1v) is 6.88. The van der Waals surface area contributed by atoms with Gasteiger partial charge in [0.2, 0.25) is 5.91 Å². The van der Waals surface area contributed by atoms with E-state index < -0.39 is 5.97 Å². The Morgan fingerprint density at radius 1 is 1.20 bits per heavy atom. The summed E-state index contributed by atoms with van der Waals surface area (Å²) < 4.78 is 0. The highest BCUT2D eigenvalue weighted by molar-refractivity contribution is 5.94. The molecule has 5 heteroatoms. The average molecular weight is 278 g/mol. The lowest BCUT2D eigenvalue weighted by molar-refractivity contribution is -0.116. The van der Waals surface area contributed by atoms with Crippen LogP contribution in [0.15, 0.2) is 18.2 Å². The van der Waals surface area contributed by atoms with Gasteiger partial charge in [-0.3, -0.25) is 4.79 Å². The van der Waals surface area contributed by atoms with E-state index in [2.05, 4.69) is 5.32 Å². The first-order chi connectivity index (χ1) is 9.54. The minimum atomic E-state index is -0.998. The van der Waals surface area contributed by atoms with Gasteiger partial charge in [0.1, 0.15) is 0 Å². The van der Waals surface area contributed by atoms with Crippen LogP contribution in [0.4, 0.5) is 5.69 Å². The molecule has 5 nitrogen and oxygen atoms in total. The Morgan fingerprint density at radius 2 is 1.90 bits per heavy atom. The van der Waals surface area contributed by atoms with E-state index in [4.69, 9.17) is 10.8 Å². The molecule has 110 valence electrons. The SMILES string of the molecule is Cc1ccc(C(=O)O)cc1NC(=O)CCCCCCN. The summed E-state index contributed by atoms with van der Waals surface area (Å²) in [6.07, 6.45) is 4.28. The Kier molecular flexibility index (Phi) is 6.73. The number of amides is 1. The third-order valence-corrected chi connectivity index (χ3v) is 3.12. The van der Waals surface area contributed by atoms with Crippen LogP contribution in [0.5, 0.6) is 0 Å². The number of unbranched alkanes of at least 4 members (excludes halogenated alkanes) is 3. The van der Waals surface area contributed by atoms with E-state index in [1.165, 1.54) is 12.1 Å². The zero-order valence-electron chi connectivity index (χ0n) is 11.8. The monoisotopic (exact) mass is 278 g/mol. The number of benzene rings is 1. The van der Waals surface area contributed by atoms with Gasteiger partial charge in [-0.15, -0.1) is 0 Å². The van der Waals surface area contributed by atoms with Crippen molar-refractivity contribution < 1.29 is 14.7 Å². The highest BCUT2D eigenvalue weighted by Crippen LogP contribution is 2.17. The van der Waals surface area contributed by atoms with Gasteiger partial charge in [-0.2, -0.15) is 0 Å². The minimum Gasteiger partial charge on any atom is -0.478 e. The number of aryl methyl sites for hydroxylation is 1. The Balaban J connectivity index is 2.49. The maximum atomic E-state index is 11.8. The summed E-state index contributed by atoms with van der Waals surface area (Å²) in [6.45, 7) is 2.52. The molecule has 0 aliphatic rings. The fourth-order valence-corrected chi connectivity index (χ4v) is 1.89. The van der Waals surface area contributed by atoms with Crippen LogP contribution in [0, 0.1) is 6.92 Å². The second kappa shape index (κ2) is 8.32. The van der Waals surface area contributed by atoms with Crippen LogP contribution in [0.1, 0.15) is 48.0 Å². The number of nitrogens with two attached hydrogens (primary N) is 1. The van der Waals surface area contributed by atoms with Crippen LogP contribution in [0.3, 0.4) is 0 Å². The van der Waals surface area contributed by atoms with Crippen LogP contribution >= 0.6 is 0 Å². The van der Waals surface area contributed by atoms with Gasteiger partial charge in [-0.05, 0) is 44.0 Å². The Labute approximate surface area is 119 Å². The molecule has 0 heterocycles. The van der Waals surface area contributed by atoms with Crippen LogP contribution in [0.25, 0.3) is 0 Å². The van der Waals surface area contributed by atoms with E-state index in [1.807, 2.05) is 6.92 Å². The van der Waals surface area contributed by atoms with E-state index in [1.54, 1.807) is 6.07 Å². The van der Waals surface area contributed by atoms with Crippen LogP contribution in [-0.4, -0.2) is 23.5 Å². The minimum absolute atomic E-state index is 0.0802. The number of rotatable bonds is 8. The topological polar surface area (TPSA) is 92.4 Å². The largest absolute Gasteiger partial charge is 0.478 e. The zero-order valence-corrected chi connectivity index (χ0v) is 11.8. The van der Waals surface area contributed by atoms with Crippen molar-refractivity contribution in [3.05, 3.63) is 29.3 Å². The smallest absolute Gasteiger partial charge is 0.335 e. The van der Waals surface area contributed by atoms with E-state index in [9.17, 15) is 9.59 Å². The van der Waals surface area contributed by atoms with Crippen molar-refractivity contribution in [3.63, 3.8) is 0 Å². The molecule has 0 saturated heterocycles. The Bertz CT molecular complexity index is 472. The van der Waals surface area contributed by atoms with Crippen LogP contribution < -0.4 is 11.1 Å². The molecule has 0 unspecified atom stereocenters. The van der Waals surface area contributed by atoms with Gasteiger partial charge in [0.15, 0.2) is 0 Å². The van der Waals surface area contributed by atoms with Crippen LogP contribution in [-0.2, 0) is 4.79 Å². The van der Waals surface area contributed by atoms with E-state index >= 15 is 0 Å². The standard InChI is InChI=1S/C15H22N2O3/c1-11-7-8-12(15(19)20)10-13(11)17-14(18)6-4-2-3-5-9-16/h7-8,10H,2-6,9,16H2,1H3,(H,17,18)(H,19,20). The third kappa shape index (κ3) is 5.40. The maximum absolute atomic E-state index is 11.8. The number of carbonyl (C=O) groups excluding carboxylic acids is 1. The lowest BCUT2D eigenvalue weighted by Gasteiger charge is -2.09. The maximum Gasteiger partial charge on any atom is 0.335 e. The molecule has 0 saturated carbocycles. The van der Waals surface area contributed by atoms with Gasteiger partial charge in [0.25, 0.3) is 0 Å². The second-order valence-electron chi connectivity index (χ2n) is 4.84. The number of hydrogen-bond donors (Lipinski definition) is 3. The van der Waals surface area contributed by atoms with Crippen molar-refractivity contribution in [2.75, 3.05) is 11.9 Å². The van der Waals surface area contributed by atoms with Crippen molar-refractivity contribution in [3.8, 4) is 0 Å². The predicted molar refractivity (Wildman–Crippen MR) is 78.9 cm³/mol. The molecule has 0 aliphatic carbocycles. The molecule has 20 heavy (non-hydrogen) atoms. The molecule has 1 rings (SSSR count). The van der Waals surface area contributed by atoms with Gasteiger partial charge in [0.05, 0.1) is 5.56 Å². The van der Waals surface area contributed by atoms with E-state index in [-0.39, 0.29) is 11.5 Å². The number of aromatic carboxylic acids is 1. The fraction of sp³-hybridized carbons (Fsp3) is 0.467. The van der Waals surface area contributed by atoms with Crippen molar-refractivity contribution in [1.82, 2.24) is 0 Å². The van der Waals surface area contributed by atoms with Crippen molar-refractivity contribution in [2.24, 2.45) is 5.73 Å². The Morgan fingerprint density at radius 3 is 2.55 bits per heavy atom. The Hall–Kier alpha value is -1.88. The van der Waals surface area contributed by atoms with Gasteiger partial charge < -0.3 is 16.2 Å². The molecule has 0 aliphatic heterocycles. The highest BCUT2D eigenvalue weighted by atomic mass is 16.4. The summed E-state index contributed by atoms with van der Waals surface area (Å²) in [4.78, 5) is 22.7. The summed E-state index contributed by atoms with van der Waals surface area (Å²) in [5.41, 5.74) is 7.00. The molecule has 1 aromatic carbocycles. The second-order valence-corrected chi connectivity index (χ2v) is 4.84. The molecular formula is C15H22N2O3. The summed E-state index contributed by atoms with van der Waals surface area (Å²) in [7, 11) is 0. The molecule has 0 bridgehead atoms. The molecule has 0 atom stereocenters. The van der Waals surface area contributed by atoms with Crippen molar-refractivity contribution in [2.45, 2.75) is 39.0 Å².